The molecule has 19 heavy (non-hydrogen) atoms. The molecule has 0 saturated heterocycles. The monoisotopic (exact) mass is 253 g/mol. The van der Waals surface area contributed by atoms with Crippen LogP contribution in [0.1, 0.15) is 17.2 Å². The lowest BCUT2D eigenvalue weighted by atomic mass is 10.3. The van der Waals surface area contributed by atoms with E-state index in [0.717, 1.165) is 28.2 Å². The fraction of sp³-hybridized carbons (Fsp3) is 0.231. The van der Waals surface area contributed by atoms with Crippen LogP contribution >= 0.6 is 0 Å². The van der Waals surface area contributed by atoms with Crippen LogP contribution in [0, 0.1) is 18.3 Å². The van der Waals surface area contributed by atoms with E-state index in [4.69, 9.17) is 9.89 Å². The van der Waals surface area contributed by atoms with Gasteiger partial charge < -0.3 is 4.57 Å². The normalized spacial score (nSPS) is 10.7. The summed E-state index contributed by atoms with van der Waals surface area (Å²) in [5.41, 5.74) is 3.36. The van der Waals surface area contributed by atoms with E-state index in [9.17, 15) is 0 Å². The minimum absolute atomic E-state index is 0.263. The number of aryl methyl sites for hydroxylation is 1. The van der Waals surface area contributed by atoms with Gasteiger partial charge in [0, 0.05) is 0 Å². The van der Waals surface area contributed by atoms with Crippen molar-refractivity contribution in [3.8, 4) is 6.07 Å². The van der Waals surface area contributed by atoms with Gasteiger partial charge in [0.1, 0.15) is 17.2 Å². The molecule has 0 bridgehead atoms. The average Bonchev–Trinajstić information content (AvgIpc) is 2.96. The Hall–Kier alpha value is -2.68. The van der Waals surface area contributed by atoms with Crippen LogP contribution in [-0.2, 0) is 13.0 Å². The third-order valence-corrected chi connectivity index (χ3v) is 3.03. The maximum atomic E-state index is 8.90. The molecule has 0 N–H and O–H groups in total. The van der Waals surface area contributed by atoms with Crippen LogP contribution in [0.15, 0.2) is 28.9 Å². The first-order chi connectivity index (χ1) is 9.29. The van der Waals surface area contributed by atoms with Crippen LogP contribution in [-0.4, -0.2) is 19.9 Å². The lowest BCUT2D eigenvalue weighted by Gasteiger charge is -2.04. The quantitative estimate of drug-likeness (QED) is 0.711. The van der Waals surface area contributed by atoms with Crippen molar-refractivity contribution >= 4 is 11.0 Å². The van der Waals surface area contributed by atoms with Crippen LogP contribution in [0.5, 0.6) is 0 Å². The molecule has 0 atom stereocenters. The van der Waals surface area contributed by atoms with Crippen LogP contribution in [0.3, 0.4) is 0 Å². The topological polar surface area (TPSA) is 80.5 Å². The summed E-state index contributed by atoms with van der Waals surface area (Å²) in [6.07, 6.45) is 0.263. The summed E-state index contributed by atoms with van der Waals surface area (Å²) in [5.74, 6) is 0.728. The number of para-hydroxylation sites is 2. The molecule has 0 aliphatic heterocycles. The molecule has 0 amide bonds. The molecule has 6 nitrogen and oxygen atoms in total. The van der Waals surface area contributed by atoms with Crippen LogP contribution in [0.2, 0.25) is 0 Å². The molecule has 0 spiro atoms. The molecular formula is C13H11N5O. The summed E-state index contributed by atoms with van der Waals surface area (Å²) in [7, 11) is 0. The Bertz CT molecular complexity index is 765. The van der Waals surface area contributed by atoms with Gasteiger partial charge in [0.15, 0.2) is 0 Å². The van der Waals surface area contributed by atoms with Gasteiger partial charge in [0.2, 0.25) is 0 Å². The molecule has 6 heteroatoms. The van der Waals surface area contributed by atoms with Gasteiger partial charge in [-0.25, -0.2) is 9.61 Å². The van der Waals surface area contributed by atoms with Gasteiger partial charge in [-0.05, 0) is 19.1 Å². The van der Waals surface area contributed by atoms with Crippen molar-refractivity contribution in [1.29, 1.82) is 5.26 Å². The SMILES string of the molecule is Cc1nonc1Cn1c(CC#N)nc2ccccc21. The minimum Gasteiger partial charge on any atom is -0.321 e. The molecule has 0 radical (unpaired) electrons. The first-order valence-electron chi connectivity index (χ1n) is 5.88. The Labute approximate surface area is 109 Å². The molecule has 0 aliphatic rings. The number of rotatable bonds is 3. The predicted molar refractivity (Wildman–Crippen MR) is 67.2 cm³/mol. The largest absolute Gasteiger partial charge is 0.321 e. The highest BCUT2D eigenvalue weighted by Crippen LogP contribution is 2.18. The zero-order chi connectivity index (χ0) is 13.2. The van der Waals surface area contributed by atoms with E-state index >= 15 is 0 Å². The van der Waals surface area contributed by atoms with Crippen LogP contribution in [0.4, 0.5) is 0 Å². The van der Waals surface area contributed by atoms with Crippen molar-refractivity contribution < 1.29 is 4.63 Å². The summed E-state index contributed by atoms with van der Waals surface area (Å²) in [5, 5.41) is 16.5. The van der Waals surface area contributed by atoms with Gasteiger partial charge in [0.25, 0.3) is 0 Å². The fourth-order valence-electron chi connectivity index (χ4n) is 2.05. The van der Waals surface area contributed by atoms with E-state index in [2.05, 4.69) is 21.4 Å². The molecule has 0 saturated carbocycles. The molecule has 1 aromatic carbocycles. The van der Waals surface area contributed by atoms with Crippen molar-refractivity contribution in [2.75, 3.05) is 0 Å². The van der Waals surface area contributed by atoms with Crippen molar-refractivity contribution in [3.63, 3.8) is 0 Å². The van der Waals surface area contributed by atoms with Crippen LogP contribution in [0.25, 0.3) is 11.0 Å². The van der Waals surface area contributed by atoms with E-state index < -0.39 is 0 Å². The minimum atomic E-state index is 0.263. The van der Waals surface area contributed by atoms with Gasteiger partial charge in [-0.3, -0.25) is 0 Å². The zero-order valence-electron chi connectivity index (χ0n) is 10.4. The van der Waals surface area contributed by atoms with Crippen molar-refractivity contribution in [2.45, 2.75) is 19.9 Å². The molecular weight excluding hydrogens is 242 g/mol. The van der Waals surface area contributed by atoms with Gasteiger partial charge in [0.05, 0.1) is 30.1 Å². The Morgan fingerprint density at radius 3 is 2.89 bits per heavy atom. The maximum Gasteiger partial charge on any atom is 0.127 e. The highest BCUT2D eigenvalue weighted by atomic mass is 16.6. The lowest BCUT2D eigenvalue weighted by Crippen LogP contribution is -2.06. The average molecular weight is 253 g/mol. The summed E-state index contributed by atoms with van der Waals surface area (Å²) in [6.45, 7) is 2.35. The summed E-state index contributed by atoms with van der Waals surface area (Å²) in [6, 6.07) is 9.92. The first kappa shape index (κ1) is 11.4. The van der Waals surface area contributed by atoms with Crippen molar-refractivity contribution in [3.05, 3.63) is 41.5 Å². The second-order valence-electron chi connectivity index (χ2n) is 4.23. The van der Waals surface area contributed by atoms with Crippen molar-refractivity contribution in [2.24, 2.45) is 0 Å². The van der Waals surface area contributed by atoms with E-state index in [1.54, 1.807) is 0 Å². The number of benzene rings is 1. The number of fused-ring (bicyclic) bond motifs is 1. The molecule has 0 aliphatic carbocycles. The van der Waals surface area contributed by atoms with E-state index in [1.165, 1.54) is 0 Å². The van der Waals surface area contributed by atoms with Gasteiger partial charge in [-0.1, -0.05) is 22.4 Å². The fourth-order valence-corrected chi connectivity index (χ4v) is 2.05. The Kier molecular flexibility index (Phi) is 2.72. The van der Waals surface area contributed by atoms with Crippen molar-refractivity contribution in [1.82, 2.24) is 19.9 Å². The lowest BCUT2D eigenvalue weighted by molar-refractivity contribution is 0.300. The molecule has 94 valence electrons. The first-order valence-corrected chi connectivity index (χ1v) is 5.88. The molecule has 0 unspecified atom stereocenters. The highest BCUT2D eigenvalue weighted by molar-refractivity contribution is 5.76. The summed E-state index contributed by atoms with van der Waals surface area (Å²) >= 11 is 0. The van der Waals surface area contributed by atoms with Gasteiger partial charge in [-0.15, -0.1) is 0 Å². The van der Waals surface area contributed by atoms with E-state index in [1.807, 2.05) is 35.8 Å². The number of imidazole rings is 1. The smallest absolute Gasteiger partial charge is 0.127 e. The third kappa shape index (κ3) is 1.95. The second-order valence-corrected chi connectivity index (χ2v) is 4.23. The second kappa shape index (κ2) is 4.53. The predicted octanol–water partition coefficient (Wildman–Crippen LogP) is 1.84. The maximum absolute atomic E-state index is 8.90. The number of nitrogens with zero attached hydrogens (tertiary/aromatic N) is 5. The molecule has 3 aromatic rings. The zero-order valence-corrected chi connectivity index (χ0v) is 10.4. The molecule has 2 heterocycles. The van der Waals surface area contributed by atoms with Crippen LogP contribution < -0.4 is 0 Å². The molecule has 0 fully saturated rings. The van der Waals surface area contributed by atoms with E-state index in [0.29, 0.717) is 6.54 Å². The summed E-state index contributed by atoms with van der Waals surface area (Å²) in [4.78, 5) is 4.47. The number of hydrogen-bond donors (Lipinski definition) is 0. The van der Waals surface area contributed by atoms with Gasteiger partial charge >= 0.3 is 0 Å². The Balaban J connectivity index is 2.12. The van der Waals surface area contributed by atoms with E-state index in [-0.39, 0.29) is 6.42 Å². The standard InChI is InChI=1S/C13H11N5O/c1-9-11(17-19-16-9)8-18-12-5-3-2-4-10(12)15-13(18)6-7-14/h2-5H,6,8H2,1H3. The Morgan fingerprint density at radius 2 is 2.16 bits per heavy atom. The Morgan fingerprint density at radius 1 is 1.32 bits per heavy atom. The highest BCUT2D eigenvalue weighted by Gasteiger charge is 2.13. The third-order valence-electron chi connectivity index (χ3n) is 3.03. The van der Waals surface area contributed by atoms with Gasteiger partial charge in [-0.2, -0.15) is 5.26 Å². The summed E-state index contributed by atoms with van der Waals surface area (Å²) < 4.78 is 6.68. The number of aromatic nitrogens is 4. The number of hydrogen-bond acceptors (Lipinski definition) is 5. The number of nitriles is 1. The molecule has 2 aromatic heterocycles. The molecule has 3 rings (SSSR count).